The highest BCUT2D eigenvalue weighted by Gasteiger charge is 2.22. The van der Waals surface area contributed by atoms with Crippen LogP contribution in [0.15, 0.2) is 0 Å². The monoisotopic (exact) mass is 195 g/mol. The minimum atomic E-state index is -2.48. The van der Waals surface area contributed by atoms with Crippen molar-refractivity contribution < 1.29 is 9.11 Å². The highest BCUT2D eigenvalue weighted by atomic mass is 32.3. The maximum atomic E-state index is 9.33. The molecule has 0 amide bonds. The molecule has 0 aromatic carbocycles. The molecule has 5 nitrogen and oxygen atoms in total. The largest absolute Gasteiger partial charge is 0.286 e. The first kappa shape index (κ1) is 10.2. The van der Waals surface area contributed by atoms with E-state index in [1.165, 1.54) is 6.26 Å². The maximum Gasteiger partial charge on any atom is 0.0418 e. The molecule has 1 aliphatic heterocycles. The van der Waals surface area contributed by atoms with Gasteiger partial charge in [-0.1, -0.05) is 0 Å². The van der Waals surface area contributed by atoms with Gasteiger partial charge in [0.25, 0.3) is 0 Å². The highest BCUT2D eigenvalue weighted by molar-refractivity contribution is 8.21. The number of hydrogen-bond acceptors (Lipinski definition) is 5. The summed E-state index contributed by atoms with van der Waals surface area (Å²) < 4.78 is 20.4. The van der Waals surface area contributed by atoms with E-state index >= 15 is 0 Å². The van der Waals surface area contributed by atoms with Crippen LogP contribution < -0.4 is 5.43 Å². The van der Waals surface area contributed by atoms with Crippen LogP contribution in [-0.4, -0.2) is 57.9 Å². The van der Waals surface area contributed by atoms with Crippen LogP contribution in [0.4, 0.5) is 0 Å². The van der Waals surface area contributed by atoms with Gasteiger partial charge >= 0.3 is 0 Å². The Bertz CT molecular complexity index is 142. The van der Waals surface area contributed by atoms with Gasteiger partial charge in [-0.3, -0.25) is 14.5 Å². The topological polar surface area (TPSA) is 59.0 Å². The normalized spacial score (nSPS) is 24.3. The summed E-state index contributed by atoms with van der Waals surface area (Å²) in [5.74, 6) is 0. The van der Waals surface area contributed by atoms with Crippen molar-refractivity contribution in [2.45, 2.75) is 0 Å². The van der Waals surface area contributed by atoms with Gasteiger partial charge in [-0.2, -0.15) is 0 Å². The lowest BCUT2D eigenvalue weighted by Crippen LogP contribution is -2.50. The Hall–Kier alpha value is 0.150. The first-order chi connectivity index (χ1) is 5.54. The van der Waals surface area contributed by atoms with Crippen LogP contribution in [0, 0.1) is 0 Å². The van der Waals surface area contributed by atoms with Crippen molar-refractivity contribution in [1.82, 2.24) is 14.7 Å². The van der Waals surface area contributed by atoms with E-state index < -0.39 is 10.8 Å². The van der Waals surface area contributed by atoms with Crippen LogP contribution in [0.5, 0.6) is 0 Å². The zero-order valence-corrected chi connectivity index (χ0v) is 8.34. The fourth-order valence-corrected chi connectivity index (χ4v) is 2.11. The lowest BCUT2D eigenvalue weighted by atomic mass is 10.4. The average Bonchev–Trinajstić information content (AvgIpc) is 2.03. The molecule has 6 heteroatoms. The molecule has 74 valence electrons. The zero-order valence-electron chi connectivity index (χ0n) is 7.53. The molecule has 1 fully saturated rings. The van der Waals surface area contributed by atoms with E-state index in [9.17, 15) is 9.11 Å². The number of rotatable bonds is 2. The molecular weight excluding hydrogens is 178 g/mol. The predicted octanol–water partition coefficient (Wildman–Crippen LogP) is 0.0338. The second kappa shape index (κ2) is 3.91. The van der Waals surface area contributed by atoms with Gasteiger partial charge in [0.1, 0.15) is 0 Å². The summed E-state index contributed by atoms with van der Waals surface area (Å²) in [5, 5.41) is 2.06. The third-order valence-electron chi connectivity index (χ3n) is 2.04. The zero-order chi connectivity index (χ0) is 9.19. The average molecular weight is 195 g/mol. The summed E-state index contributed by atoms with van der Waals surface area (Å²) in [7, 11) is -0.604. The number of hydrogen-bond donors (Lipinski definition) is 3. The van der Waals surface area contributed by atoms with E-state index in [0.717, 1.165) is 13.1 Å². The summed E-state index contributed by atoms with van der Waals surface area (Å²) >= 11 is 0. The number of hydrazine groups is 1. The number of nitrogens with zero attached hydrogens (tertiary/aromatic N) is 2. The van der Waals surface area contributed by atoms with Crippen molar-refractivity contribution in [1.29, 1.82) is 0 Å². The first-order valence-corrected chi connectivity index (χ1v) is 5.86. The van der Waals surface area contributed by atoms with Crippen LogP contribution in [0.1, 0.15) is 0 Å². The second-order valence-electron chi connectivity index (χ2n) is 2.93. The molecule has 1 rings (SSSR count). The molecule has 1 aliphatic rings. The van der Waals surface area contributed by atoms with E-state index in [-0.39, 0.29) is 0 Å². The molecule has 1 saturated heterocycles. The molecule has 12 heavy (non-hydrogen) atoms. The molecule has 0 unspecified atom stereocenters. The van der Waals surface area contributed by atoms with Crippen LogP contribution in [0.2, 0.25) is 0 Å². The van der Waals surface area contributed by atoms with Crippen LogP contribution in [-0.2, 0) is 0 Å². The third-order valence-corrected chi connectivity index (χ3v) is 3.39. The van der Waals surface area contributed by atoms with Crippen molar-refractivity contribution >= 4 is 10.8 Å². The molecule has 1 heterocycles. The second-order valence-corrected chi connectivity index (χ2v) is 5.03. The lowest BCUT2D eigenvalue weighted by Gasteiger charge is -2.44. The molecule has 0 bridgehead atoms. The summed E-state index contributed by atoms with van der Waals surface area (Å²) in [6, 6.07) is 0. The van der Waals surface area contributed by atoms with E-state index in [1.54, 1.807) is 4.31 Å². The van der Waals surface area contributed by atoms with Crippen molar-refractivity contribution in [2.75, 3.05) is 39.5 Å². The molecule has 0 aromatic heterocycles. The SMILES string of the molecule is CNN1CCN(S(C)(O)O)CC1. The van der Waals surface area contributed by atoms with Crippen LogP contribution >= 0.6 is 10.8 Å². The number of piperazine rings is 1. The fourth-order valence-electron chi connectivity index (χ4n) is 1.26. The minimum absolute atomic E-state index is 0.708. The van der Waals surface area contributed by atoms with Crippen LogP contribution in [0.25, 0.3) is 0 Å². The standard InChI is InChI=1S/C6H17N3O2S/c1-7-8-3-5-9(6-4-8)12(2,10)11/h7,10-11H,3-6H2,1-2H3. The van der Waals surface area contributed by atoms with Crippen molar-refractivity contribution in [3.63, 3.8) is 0 Å². The van der Waals surface area contributed by atoms with Crippen LogP contribution in [0.3, 0.4) is 0 Å². The van der Waals surface area contributed by atoms with Gasteiger partial charge in [0.05, 0.1) is 0 Å². The Labute approximate surface area is 74.8 Å². The van der Waals surface area contributed by atoms with Gasteiger partial charge < -0.3 is 0 Å². The fraction of sp³-hybridized carbons (Fsp3) is 1.00. The maximum absolute atomic E-state index is 9.33. The third kappa shape index (κ3) is 2.58. The minimum Gasteiger partial charge on any atom is -0.286 e. The van der Waals surface area contributed by atoms with Gasteiger partial charge in [-0.05, 0) is 7.05 Å². The summed E-state index contributed by atoms with van der Waals surface area (Å²) in [6.07, 6.45) is 1.47. The molecule has 0 spiro atoms. The molecule has 0 aliphatic carbocycles. The molecule has 0 radical (unpaired) electrons. The predicted molar refractivity (Wildman–Crippen MR) is 51.0 cm³/mol. The van der Waals surface area contributed by atoms with Gasteiger partial charge in [-0.25, -0.2) is 9.31 Å². The summed E-state index contributed by atoms with van der Waals surface area (Å²) in [5.41, 5.74) is 3.03. The Morgan fingerprint density at radius 2 is 1.67 bits per heavy atom. The number of nitrogens with one attached hydrogen (secondary N) is 1. The van der Waals surface area contributed by atoms with Crippen molar-refractivity contribution in [3.05, 3.63) is 0 Å². The summed E-state index contributed by atoms with van der Waals surface area (Å²) in [6.45, 7) is 3.08. The van der Waals surface area contributed by atoms with E-state index in [4.69, 9.17) is 0 Å². The van der Waals surface area contributed by atoms with Crippen molar-refractivity contribution in [2.24, 2.45) is 0 Å². The Kier molecular flexibility index (Phi) is 3.33. The Morgan fingerprint density at radius 3 is 2.00 bits per heavy atom. The summed E-state index contributed by atoms with van der Waals surface area (Å²) in [4.78, 5) is 0. The van der Waals surface area contributed by atoms with Gasteiger partial charge in [-0.15, -0.1) is 10.8 Å². The molecule has 0 aromatic rings. The van der Waals surface area contributed by atoms with E-state index in [1.807, 2.05) is 7.05 Å². The van der Waals surface area contributed by atoms with E-state index in [0.29, 0.717) is 13.1 Å². The van der Waals surface area contributed by atoms with Gasteiger partial charge in [0.15, 0.2) is 0 Å². The molecular formula is C6H17N3O2S. The molecule has 0 saturated carbocycles. The Morgan fingerprint density at radius 1 is 1.17 bits per heavy atom. The molecule has 3 N–H and O–H groups in total. The smallest absolute Gasteiger partial charge is 0.0418 e. The quantitative estimate of drug-likeness (QED) is 0.580. The van der Waals surface area contributed by atoms with E-state index in [2.05, 4.69) is 10.4 Å². The Balaban J connectivity index is 2.36. The molecule has 0 atom stereocenters. The van der Waals surface area contributed by atoms with Gasteiger partial charge in [0.2, 0.25) is 0 Å². The lowest BCUT2D eigenvalue weighted by molar-refractivity contribution is 0.136. The van der Waals surface area contributed by atoms with Crippen molar-refractivity contribution in [3.8, 4) is 0 Å². The van der Waals surface area contributed by atoms with Gasteiger partial charge in [0, 0.05) is 32.4 Å². The first-order valence-electron chi connectivity index (χ1n) is 3.94. The highest BCUT2D eigenvalue weighted by Crippen LogP contribution is 2.38.